The molecule has 0 bridgehead atoms. The molecule has 1 saturated heterocycles. The number of hydrogen-bond donors (Lipinski definition) is 1. The summed E-state index contributed by atoms with van der Waals surface area (Å²) in [5, 5.41) is 4.87. The van der Waals surface area contributed by atoms with Gasteiger partial charge in [-0.15, -0.1) is 5.92 Å². The second-order valence-corrected chi connectivity index (χ2v) is 8.52. The van der Waals surface area contributed by atoms with E-state index in [2.05, 4.69) is 26.8 Å². The van der Waals surface area contributed by atoms with Crippen LogP contribution >= 0.6 is 0 Å². The van der Waals surface area contributed by atoms with Crippen LogP contribution in [-0.4, -0.2) is 48.0 Å². The molecular weight excluding hydrogens is 432 g/mol. The lowest BCUT2D eigenvalue weighted by atomic mass is 10.1. The number of para-hydroxylation sites is 1. The zero-order chi connectivity index (χ0) is 23.8. The molecule has 10 heteroatoms. The van der Waals surface area contributed by atoms with Crippen molar-refractivity contribution in [1.82, 2.24) is 28.9 Å². The normalized spacial score (nSPS) is 16.1. The van der Waals surface area contributed by atoms with Gasteiger partial charge in [0.1, 0.15) is 23.4 Å². The largest absolute Gasteiger partial charge is 0.341 e. The van der Waals surface area contributed by atoms with Crippen LogP contribution in [0.2, 0.25) is 0 Å². The van der Waals surface area contributed by atoms with Gasteiger partial charge in [-0.05, 0) is 31.9 Å². The van der Waals surface area contributed by atoms with E-state index in [0.717, 1.165) is 24.9 Å². The van der Waals surface area contributed by atoms with Gasteiger partial charge in [0, 0.05) is 26.2 Å². The fourth-order valence-corrected chi connectivity index (χ4v) is 4.54. The van der Waals surface area contributed by atoms with Gasteiger partial charge >= 0.3 is 0 Å². The number of aryl methyl sites for hydroxylation is 1. The minimum atomic E-state index is -0.329. The van der Waals surface area contributed by atoms with Gasteiger partial charge in [-0.2, -0.15) is 10.1 Å². The number of rotatable bonds is 4. The second kappa shape index (κ2) is 8.76. The van der Waals surface area contributed by atoms with Gasteiger partial charge in [0.25, 0.3) is 11.1 Å². The zero-order valence-electron chi connectivity index (χ0n) is 19.2. The van der Waals surface area contributed by atoms with Crippen molar-refractivity contribution in [1.29, 1.82) is 0 Å². The summed E-state index contributed by atoms with van der Waals surface area (Å²) in [6, 6.07) is 7.33. The molecule has 0 amide bonds. The van der Waals surface area contributed by atoms with Crippen LogP contribution in [0.5, 0.6) is 0 Å². The summed E-state index contributed by atoms with van der Waals surface area (Å²) in [7, 11) is 1.83. The SMILES string of the molecule is CC#CCn1c(N2CCCC(N)C2)nc2cnn(Cc3nc(=O)c4ccccc4n3C)c(=O)c21. The predicted molar refractivity (Wildman–Crippen MR) is 131 cm³/mol. The second-order valence-electron chi connectivity index (χ2n) is 8.52. The quantitative estimate of drug-likeness (QED) is 0.450. The van der Waals surface area contributed by atoms with Crippen molar-refractivity contribution in [3.05, 3.63) is 57.0 Å². The maximum atomic E-state index is 13.6. The van der Waals surface area contributed by atoms with Crippen molar-refractivity contribution in [3.8, 4) is 11.8 Å². The standard InChI is InChI=1S/C24H26N8O2/c1-3-4-12-31-21-18(27-24(31)30-11-7-8-16(25)14-30)13-26-32(23(21)34)15-20-28-22(33)17-9-5-6-10-19(17)29(20)2/h5-6,9-10,13,16H,7-8,11-12,14-15,25H2,1-2H3. The van der Waals surface area contributed by atoms with Gasteiger partial charge in [0.05, 0.1) is 23.6 Å². The Kier molecular flexibility index (Phi) is 5.63. The Morgan fingerprint density at radius 3 is 2.82 bits per heavy atom. The summed E-state index contributed by atoms with van der Waals surface area (Å²) in [4.78, 5) is 37.2. The first-order chi connectivity index (χ1) is 16.5. The highest BCUT2D eigenvalue weighted by molar-refractivity contribution is 5.78. The van der Waals surface area contributed by atoms with Gasteiger partial charge < -0.3 is 15.2 Å². The first-order valence-corrected chi connectivity index (χ1v) is 11.3. The van der Waals surface area contributed by atoms with Gasteiger partial charge in [-0.3, -0.25) is 14.2 Å². The molecule has 1 aromatic carbocycles. The first kappa shape index (κ1) is 21.9. The van der Waals surface area contributed by atoms with Crippen LogP contribution in [0.1, 0.15) is 25.6 Å². The van der Waals surface area contributed by atoms with Crippen molar-refractivity contribution in [2.45, 2.75) is 38.9 Å². The van der Waals surface area contributed by atoms with Crippen LogP contribution < -0.4 is 21.8 Å². The number of benzene rings is 1. The highest BCUT2D eigenvalue weighted by Crippen LogP contribution is 2.23. The highest BCUT2D eigenvalue weighted by atomic mass is 16.1. The number of aromatic nitrogens is 6. The Hall–Kier alpha value is -3.97. The van der Waals surface area contributed by atoms with E-state index >= 15 is 0 Å². The Labute approximate surface area is 195 Å². The fraction of sp³-hybridized carbons (Fsp3) is 0.375. The van der Waals surface area contributed by atoms with Crippen molar-refractivity contribution >= 4 is 27.9 Å². The average molecular weight is 459 g/mol. The maximum absolute atomic E-state index is 13.6. The molecule has 174 valence electrons. The third kappa shape index (κ3) is 3.74. The summed E-state index contributed by atoms with van der Waals surface area (Å²) in [5.74, 6) is 7.08. The molecule has 0 aliphatic carbocycles. The molecule has 0 spiro atoms. The van der Waals surface area contributed by atoms with Gasteiger partial charge in [-0.25, -0.2) is 9.67 Å². The summed E-state index contributed by atoms with van der Waals surface area (Å²) < 4.78 is 4.98. The minimum absolute atomic E-state index is 0.0555. The van der Waals surface area contributed by atoms with E-state index in [4.69, 9.17) is 10.7 Å². The molecule has 0 radical (unpaired) electrons. The topological polar surface area (TPSA) is 117 Å². The Bertz CT molecular complexity index is 1570. The lowest BCUT2D eigenvalue weighted by Gasteiger charge is -2.31. The molecule has 2 N–H and O–H groups in total. The summed E-state index contributed by atoms with van der Waals surface area (Å²) in [6.45, 7) is 3.65. The van der Waals surface area contributed by atoms with Crippen LogP contribution in [-0.2, 0) is 20.1 Å². The Morgan fingerprint density at radius 1 is 1.21 bits per heavy atom. The van der Waals surface area contributed by atoms with Gasteiger partial charge in [0.2, 0.25) is 5.95 Å². The molecule has 5 rings (SSSR count). The van der Waals surface area contributed by atoms with Crippen LogP contribution in [0.25, 0.3) is 21.9 Å². The Morgan fingerprint density at radius 2 is 2.03 bits per heavy atom. The van der Waals surface area contributed by atoms with Crippen molar-refractivity contribution in [2.24, 2.45) is 12.8 Å². The molecule has 0 saturated carbocycles. The number of hydrogen-bond acceptors (Lipinski definition) is 7. The molecule has 10 nitrogen and oxygen atoms in total. The van der Waals surface area contributed by atoms with Crippen molar-refractivity contribution in [3.63, 3.8) is 0 Å². The molecule has 1 fully saturated rings. The molecule has 1 atom stereocenters. The Balaban J connectivity index is 1.62. The molecular formula is C24H26N8O2. The van der Waals surface area contributed by atoms with E-state index in [0.29, 0.717) is 41.3 Å². The minimum Gasteiger partial charge on any atom is -0.341 e. The van der Waals surface area contributed by atoms with Crippen LogP contribution in [0.15, 0.2) is 40.1 Å². The zero-order valence-corrected chi connectivity index (χ0v) is 19.2. The van der Waals surface area contributed by atoms with E-state index in [1.165, 1.54) is 4.68 Å². The number of nitrogens with zero attached hydrogens (tertiary/aromatic N) is 7. The number of piperidine rings is 1. The smallest absolute Gasteiger partial charge is 0.293 e. The van der Waals surface area contributed by atoms with Gasteiger partial charge in [-0.1, -0.05) is 18.1 Å². The summed E-state index contributed by atoms with van der Waals surface area (Å²) in [5.41, 5.74) is 7.24. The van der Waals surface area contributed by atoms with Crippen LogP contribution in [0.4, 0.5) is 5.95 Å². The van der Waals surface area contributed by atoms with Crippen molar-refractivity contribution in [2.75, 3.05) is 18.0 Å². The number of nitrogens with two attached hydrogens (primary N) is 1. The van der Waals surface area contributed by atoms with Crippen LogP contribution in [0, 0.1) is 11.8 Å². The van der Waals surface area contributed by atoms with E-state index in [-0.39, 0.29) is 23.7 Å². The fourth-order valence-electron chi connectivity index (χ4n) is 4.54. The lowest BCUT2D eigenvalue weighted by molar-refractivity contribution is 0.496. The van der Waals surface area contributed by atoms with E-state index < -0.39 is 0 Å². The number of anilines is 1. The van der Waals surface area contributed by atoms with Gasteiger partial charge in [0.15, 0.2) is 0 Å². The molecule has 1 aliphatic heterocycles. The molecule has 4 aromatic rings. The first-order valence-electron chi connectivity index (χ1n) is 11.3. The third-order valence-electron chi connectivity index (χ3n) is 6.29. The summed E-state index contributed by atoms with van der Waals surface area (Å²) >= 11 is 0. The number of imidazole rings is 1. The van der Waals surface area contributed by atoms with E-state index in [9.17, 15) is 9.59 Å². The maximum Gasteiger partial charge on any atom is 0.293 e. The van der Waals surface area contributed by atoms with Crippen LogP contribution in [0.3, 0.4) is 0 Å². The summed E-state index contributed by atoms with van der Waals surface area (Å²) in [6.07, 6.45) is 3.52. The highest BCUT2D eigenvalue weighted by Gasteiger charge is 2.24. The van der Waals surface area contributed by atoms with E-state index in [1.54, 1.807) is 25.3 Å². The third-order valence-corrected chi connectivity index (χ3v) is 6.29. The molecule has 1 aliphatic rings. The number of fused-ring (bicyclic) bond motifs is 2. The molecule has 34 heavy (non-hydrogen) atoms. The molecule has 4 heterocycles. The van der Waals surface area contributed by atoms with E-state index in [1.807, 2.05) is 28.3 Å². The predicted octanol–water partition coefficient (Wildman–Crippen LogP) is 0.839. The molecule has 3 aromatic heterocycles. The average Bonchev–Trinajstić information content (AvgIpc) is 3.22. The molecule has 1 unspecified atom stereocenters. The monoisotopic (exact) mass is 458 g/mol. The lowest BCUT2D eigenvalue weighted by Crippen LogP contribution is -2.44. The van der Waals surface area contributed by atoms with Crippen molar-refractivity contribution < 1.29 is 0 Å².